The van der Waals surface area contributed by atoms with Gasteiger partial charge in [0.2, 0.25) is 0 Å². The highest BCUT2D eigenvalue weighted by Gasteiger charge is 1.94. The number of hydrogen-bond donors (Lipinski definition) is 0. The van der Waals surface area contributed by atoms with Crippen LogP contribution in [0.1, 0.15) is 13.3 Å². The van der Waals surface area contributed by atoms with Crippen molar-refractivity contribution >= 4 is 5.78 Å². The van der Waals surface area contributed by atoms with E-state index in [0.29, 0.717) is 6.42 Å². The minimum absolute atomic E-state index is 0.0495. The number of nitriles is 1. The molecule has 0 spiro atoms. The lowest BCUT2D eigenvalue weighted by Gasteiger charge is -1.88. The maximum atomic E-state index is 10.3. The zero-order chi connectivity index (χ0) is 6.41. The van der Waals surface area contributed by atoms with E-state index in [4.69, 9.17) is 5.26 Å². The highest BCUT2D eigenvalue weighted by molar-refractivity contribution is 5.79. The molecule has 44 valence electrons. The summed E-state index contributed by atoms with van der Waals surface area (Å²) in [6.45, 7) is 1.65. The molecular formula is C5H7NO2. The molecule has 0 aromatic heterocycles. The van der Waals surface area contributed by atoms with Crippen molar-refractivity contribution in [2.75, 3.05) is 6.61 Å². The van der Waals surface area contributed by atoms with Crippen molar-refractivity contribution in [1.82, 2.24) is 0 Å². The Morgan fingerprint density at radius 2 is 2.50 bits per heavy atom. The lowest BCUT2D eigenvalue weighted by molar-refractivity contribution is -0.121. The lowest BCUT2D eigenvalue weighted by Crippen LogP contribution is -2.02. The van der Waals surface area contributed by atoms with Crippen molar-refractivity contribution in [2.45, 2.75) is 13.3 Å². The van der Waals surface area contributed by atoms with Crippen LogP contribution in [0.4, 0.5) is 0 Å². The predicted octanol–water partition coefficient (Wildman–Crippen LogP) is 0.463. The molecule has 0 aliphatic heterocycles. The van der Waals surface area contributed by atoms with Crippen LogP contribution >= 0.6 is 0 Å². The molecule has 0 radical (unpaired) electrons. The number of ether oxygens (including phenoxy) is 1. The van der Waals surface area contributed by atoms with E-state index in [-0.39, 0.29) is 12.4 Å². The summed E-state index contributed by atoms with van der Waals surface area (Å²) in [5, 5.41) is 7.79. The summed E-state index contributed by atoms with van der Waals surface area (Å²) in [5.41, 5.74) is 0. The van der Waals surface area contributed by atoms with Gasteiger partial charge in [0.25, 0.3) is 6.26 Å². The molecule has 0 fully saturated rings. The van der Waals surface area contributed by atoms with E-state index < -0.39 is 0 Å². The molecule has 3 nitrogen and oxygen atoms in total. The van der Waals surface area contributed by atoms with Gasteiger partial charge in [-0.2, -0.15) is 5.26 Å². The van der Waals surface area contributed by atoms with Gasteiger partial charge >= 0.3 is 0 Å². The van der Waals surface area contributed by atoms with Crippen molar-refractivity contribution in [3.05, 3.63) is 0 Å². The first-order valence-corrected chi connectivity index (χ1v) is 2.33. The standard InChI is InChI=1S/C5H7NO2/c1-2-5(7)3-8-4-6/h2-3H2,1H3. The van der Waals surface area contributed by atoms with Crippen molar-refractivity contribution < 1.29 is 9.53 Å². The third kappa shape index (κ3) is 3.16. The van der Waals surface area contributed by atoms with Gasteiger partial charge in [-0.25, -0.2) is 0 Å². The minimum atomic E-state index is -0.0764. The fraction of sp³-hybridized carbons (Fsp3) is 0.600. The van der Waals surface area contributed by atoms with E-state index in [1.165, 1.54) is 6.26 Å². The molecule has 0 saturated carbocycles. The van der Waals surface area contributed by atoms with Crippen LogP contribution < -0.4 is 0 Å². The number of ketones is 1. The second-order valence-electron chi connectivity index (χ2n) is 1.27. The Hall–Kier alpha value is -1.04. The summed E-state index contributed by atoms with van der Waals surface area (Å²) < 4.78 is 4.14. The molecule has 0 rings (SSSR count). The van der Waals surface area contributed by atoms with E-state index in [9.17, 15) is 4.79 Å². The number of Topliss-reactive ketones (excluding diaryl/α,β-unsaturated/α-hetero) is 1. The van der Waals surface area contributed by atoms with Gasteiger partial charge in [-0.1, -0.05) is 6.92 Å². The Morgan fingerprint density at radius 1 is 1.88 bits per heavy atom. The van der Waals surface area contributed by atoms with Gasteiger partial charge in [0.1, 0.15) is 0 Å². The lowest BCUT2D eigenvalue weighted by atomic mass is 10.3. The van der Waals surface area contributed by atoms with Gasteiger partial charge in [0, 0.05) is 6.42 Å². The van der Waals surface area contributed by atoms with Gasteiger partial charge in [-0.05, 0) is 0 Å². The summed E-state index contributed by atoms with van der Waals surface area (Å²) in [7, 11) is 0. The van der Waals surface area contributed by atoms with Crippen molar-refractivity contribution in [3.8, 4) is 6.26 Å². The van der Waals surface area contributed by atoms with Crippen LogP contribution in [-0.4, -0.2) is 12.4 Å². The largest absolute Gasteiger partial charge is 0.419 e. The summed E-state index contributed by atoms with van der Waals surface area (Å²) in [6.07, 6.45) is 1.84. The molecule has 3 heteroatoms. The smallest absolute Gasteiger partial charge is 0.286 e. The van der Waals surface area contributed by atoms with Crippen LogP contribution in [0.3, 0.4) is 0 Å². The van der Waals surface area contributed by atoms with Crippen LogP contribution in [0, 0.1) is 11.5 Å². The summed E-state index contributed by atoms with van der Waals surface area (Å²) in [5.74, 6) is -0.0495. The zero-order valence-corrected chi connectivity index (χ0v) is 4.68. The molecular weight excluding hydrogens is 106 g/mol. The summed E-state index contributed by atoms with van der Waals surface area (Å²) in [6, 6.07) is 0. The molecule has 0 aromatic carbocycles. The van der Waals surface area contributed by atoms with E-state index in [2.05, 4.69) is 4.74 Å². The first-order chi connectivity index (χ1) is 3.81. The Kier molecular flexibility index (Phi) is 3.59. The van der Waals surface area contributed by atoms with Gasteiger partial charge in [0.15, 0.2) is 12.4 Å². The van der Waals surface area contributed by atoms with E-state index in [1.54, 1.807) is 6.92 Å². The van der Waals surface area contributed by atoms with Crippen molar-refractivity contribution in [2.24, 2.45) is 0 Å². The maximum absolute atomic E-state index is 10.3. The van der Waals surface area contributed by atoms with E-state index in [0.717, 1.165) is 0 Å². The number of rotatable bonds is 3. The summed E-state index contributed by atoms with van der Waals surface area (Å²) in [4.78, 5) is 10.3. The predicted molar refractivity (Wildman–Crippen MR) is 26.9 cm³/mol. The average molecular weight is 113 g/mol. The Morgan fingerprint density at radius 3 is 2.88 bits per heavy atom. The molecule has 0 aliphatic carbocycles. The molecule has 0 amide bonds. The third-order valence-corrected chi connectivity index (χ3v) is 0.692. The first-order valence-electron chi connectivity index (χ1n) is 2.33. The Bertz CT molecular complexity index is 114. The van der Waals surface area contributed by atoms with Gasteiger partial charge in [-0.3, -0.25) is 4.79 Å². The zero-order valence-electron chi connectivity index (χ0n) is 4.68. The SMILES string of the molecule is CCC(=O)COC#N. The molecule has 0 aliphatic rings. The second-order valence-corrected chi connectivity index (χ2v) is 1.27. The van der Waals surface area contributed by atoms with Crippen LogP contribution in [0.5, 0.6) is 0 Å². The number of hydrogen-bond acceptors (Lipinski definition) is 3. The highest BCUT2D eigenvalue weighted by Crippen LogP contribution is 1.79. The molecule has 0 aromatic rings. The minimum Gasteiger partial charge on any atom is -0.419 e. The molecule has 0 saturated heterocycles. The molecule has 0 N–H and O–H groups in total. The Labute approximate surface area is 47.9 Å². The normalized spacial score (nSPS) is 7.50. The number of carbonyl (C=O) groups is 1. The fourth-order valence-electron chi connectivity index (χ4n) is 0.215. The molecule has 0 bridgehead atoms. The van der Waals surface area contributed by atoms with Gasteiger partial charge in [-0.15, -0.1) is 0 Å². The monoisotopic (exact) mass is 113 g/mol. The van der Waals surface area contributed by atoms with Crippen LogP contribution in [0.15, 0.2) is 0 Å². The van der Waals surface area contributed by atoms with E-state index in [1.807, 2.05) is 0 Å². The topological polar surface area (TPSA) is 50.1 Å². The van der Waals surface area contributed by atoms with Crippen LogP contribution in [-0.2, 0) is 9.53 Å². The van der Waals surface area contributed by atoms with Crippen LogP contribution in [0.2, 0.25) is 0 Å². The summed E-state index contributed by atoms with van der Waals surface area (Å²) >= 11 is 0. The Balaban J connectivity index is 3.15. The molecule has 0 atom stereocenters. The first kappa shape index (κ1) is 6.96. The highest BCUT2D eigenvalue weighted by atomic mass is 16.5. The van der Waals surface area contributed by atoms with Crippen LogP contribution in [0.25, 0.3) is 0 Å². The van der Waals surface area contributed by atoms with Crippen molar-refractivity contribution in [1.29, 1.82) is 5.26 Å². The van der Waals surface area contributed by atoms with Crippen molar-refractivity contribution in [3.63, 3.8) is 0 Å². The van der Waals surface area contributed by atoms with Gasteiger partial charge in [0.05, 0.1) is 0 Å². The fourth-order valence-corrected chi connectivity index (χ4v) is 0.215. The average Bonchev–Trinajstić information content (AvgIpc) is 1.83. The third-order valence-electron chi connectivity index (χ3n) is 0.692. The molecule has 0 unspecified atom stereocenters. The number of carbonyl (C=O) groups excluding carboxylic acids is 1. The molecule has 8 heavy (non-hydrogen) atoms. The van der Waals surface area contributed by atoms with E-state index >= 15 is 0 Å². The maximum Gasteiger partial charge on any atom is 0.286 e. The quantitative estimate of drug-likeness (QED) is 0.499. The number of nitrogens with zero attached hydrogens (tertiary/aromatic N) is 1. The molecule has 0 heterocycles. The second kappa shape index (κ2) is 4.13. The van der Waals surface area contributed by atoms with Gasteiger partial charge < -0.3 is 4.74 Å².